The maximum absolute atomic E-state index is 11.8. The quantitative estimate of drug-likeness (QED) is 0.599. The Bertz CT molecular complexity index is 312. The Kier molecular flexibility index (Phi) is 2.07. The summed E-state index contributed by atoms with van der Waals surface area (Å²) in [4.78, 5) is 11.8. The first-order valence-electron chi connectivity index (χ1n) is 5.34. The largest absolute Gasteiger partial charge is 0.388 e. The predicted octanol–water partition coefficient (Wildman–Crippen LogP) is 2.07. The molecule has 0 aromatic rings. The summed E-state index contributed by atoms with van der Waals surface area (Å²) in [5.41, 5.74) is 1.95. The first kappa shape index (κ1) is 9.91. The van der Waals surface area contributed by atoms with E-state index in [2.05, 4.69) is 0 Å². The number of fused-ring (bicyclic) bond motifs is 3. The van der Waals surface area contributed by atoms with Crippen LogP contribution in [0.3, 0.4) is 0 Å². The lowest BCUT2D eigenvalue weighted by Gasteiger charge is -2.49. The van der Waals surface area contributed by atoms with Crippen molar-refractivity contribution in [3.8, 4) is 0 Å². The average Bonchev–Trinajstić information content (AvgIpc) is 2.07. The second-order valence-electron chi connectivity index (χ2n) is 5.25. The molecule has 2 nitrogen and oxygen atoms in total. The fourth-order valence-corrected chi connectivity index (χ4v) is 2.99. The highest BCUT2D eigenvalue weighted by Crippen LogP contribution is 2.51. The van der Waals surface area contributed by atoms with Gasteiger partial charge in [0, 0.05) is 17.8 Å². The van der Waals surface area contributed by atoms with Crippen LogP contribution in [0.1, 0.15) is 40.0 Å². The highest BCUT2D eigenvalue weighted by molar-refractivity contribution is 5.87. The summed E-state index contributed by atoms with van der Waals surface area (Å²) in [7, 11) is 0. The lowest BCUT2D eigenvalue weighted by atomic mass is 9.56. The van der Waals surface area contributed by atoms with Crippen LogP contribution >= 0.6 is 0 Å². The molecule has 3 atom stereocenters. The predicted molar refractivity (Wildman–Crippen MR) is 54.8 cm³/mol. The Morgan fingerprint density at radius 1 is 1.50 bits per heavy atom. The van der Waals surface area contributed by atoms with Crippen LogP contribution in [0.15, 0.2) is 11.1 Å². The van der Waals surface area contributed by atoms with Gasteiger partial charge in [-0.05, 0) is 32.3 Å². The zero-order valence-corrected chi connectivity index (χ0v) is 9.13. The van der Waals surface area contributed by atoms with Gasteiger partial charge in [0.25, 0.3) is 0 Å². The minimum absolute atomic E-state index is 0.0248. The number of rotatable bonds is 0. The van der Waals surface area contributed by atoms with E-state index in [4.69, 9.17) is 0 Å². The van der Waals surface area contributed by atoms with E-state index in [1.54, 1.807) is 0 Å². The molecule has 0 heterocycles. The molecule has 0 amide bonds. The first-order chi connectivity index (χ1) is 6.46. The molecule has 3 saturated carbocycles. The van der Waals surface area contributed by atoms with E-state index < -0.39 is 0 Å². The van der Waals surface area contributed by atoms with E-state index in [0.717, 1.165) is 24.0 Å². The lowest BCUT2D eigenvalue weighted by Crippen LogP contribution is -2.50. The van der Waals surface area contributed by atoms with Crippen LogP contribution in [-0.2, 0) is 4.79 Å². The lowest BCUT2D eigenvalue weighted by molar-refractivity contribution is -0.135. The van der Waals surface area contributed by atoms with Crippen LogP contribution in [-0.4, -0.2) is 17.0 Å². The van der Waals surface area contributed by atoms with Gasteiger partial charge < -0.3 is 5.11 Å². The molecule has 3 rings (SSSR count). The van der Waals surface area contributed by atoms with Crippen molar-refractivity contribution in [3.05, 3.63) is 11.1 Å². The molecule has 3 aliphatic rings. The third-order valence-corrected chi connectivity index (χ3v) is 3.88. The molecule has 2 heteroatoms. The summed E-state index contributed by atoms with van der Waals surface area (Å²) < 4.78 is 0. The number of carbonyl (C=O) groups is 1. The first-order valence-corrected chi connectivity index (χ1v) is 5.34. The van der Waals surface area contributed by atoms with E-state index in [1.165, 1.54) is 0 Å². The summed E-state index contributed by atoms with van der Waals surface area (Å²) in [5, 5.41) is 10.2. The van der Waals surface area contributed by atoms with Gasteiger partial charge in [0.1, 0.15) is 5.78 Å². The number of hydrogen-bond donors (Lipinski definition) is 1. The van der Waals surface area contributed by atoms with Gasteiger partial charge >= 0.3 is 0 Å². The summed E-state index contributed by atoms with van der Waals surface area (Å²) in [5.74, 6) is 0.358. The third kappa shape index (κ3) is 1.17. The van der Waals surface area contributed by atoms with E-state index in [9.17, 15) is 9.90 Å². The highest BCUT2D eigenvalue weighted by Gasteiger charge is 2.51. The van der Waals surface area contributed by atoms with Gasteiger partial charge in [-0.15, -0.1) is 0 Å². The molecule has 2 bridgehead atoms. The smallest absolute Gasteiger partial charge is 0.140 e. The fraction of sp³-hybridized carbons (Fsp3) is 0.750. The summed E-state index contributed by atoms with van der Waals surface area (Å²) in [6.45, 7) is 6.03. The fourth-order valence-electron chi connectivity index (χ4n) is 2.99. The normalized spacial score (nSPS) is 41.7. The van der Waals surface area contributed by atoms with Gasteiger partial charge in [0.15, 0.2) is 0 Å². The van der Waals surface area contributed by atoms with Gasteiger partial charge in [-0.2, -0.15) is 0 Å². The van der Waals surface area contributed by atoms with Crippen LogP contribution in [0.2, 0.25) is 0 Å². The van der Waals surface area contributed by atoms with E-state index in [0.29, 0.717) is 12.2 Å². The number of hydrogen-bond acceptors (Lipinski definition) is 2. The van der Waals surface area contributed by atoms with Crippen molar-refractivity contribution in [3.63, 3.8) is 0 Å². The van der Waals surface area contributed by atoms with Crippen LogP contribution < -0.4 is 0 Å². The van der Waals surface area contributed by atoms with E-state index >= 15 is 0 Å². The van der Waals surface area contributed by atoms with Gasteiger partial charge in [-0.25, -0.2) is 0 Å². The topological polar surface area (TPSA) is 37.3 Å². The minimum Gasteiger partial charge on any atom is -0.388 e. The van der Waals surface area contributed by atoms with Crippen LogP contribution in [0.25, 0.3) is 0 Å². The zero-order valence-electron chi connectivity index (χ0n) is 9.13. The van der Waals surface area contributed by atoms with E-state index in [1.807, 2.05) is 20.8 Å². The Labute approximate surface area is 85.0 Å². The van der Waals surface area contributed by atoms with Gasteiger partial charge in [0.2, 0.25) is 0 Å². The third-order valence-electron chi connectivity index (χ3n) is 3.88. The molecule has 1 unspecified atom stereocenters. The van der Waals surface area contributed by atoms with Crippen molar-refractivity contribution >= 4 is 5.78 Å². The van der Waals surface area contributed by atoms with Crippen molar-refractivity contribution in [1.82, 2.24) is 0 Å². The van der Waals surface area contributed by atoms with Gasteiger partial charge in [-0.1, -0.05) is 12.5 Å². The molecule has 3 aliphatic carbocycles. The Morgan fingerprint density at radius 2 is 2.14 bits per heavy atom. The van der Waals surface area contributed by atoms with Crippen LogP contribution in [0.4, 0.5) is 0 Å². The molecular weight excluding hydrogens is 176 g/mol. The monoisotopic (exact) mass is 194 g/mol. The molecule has 0 radical (unpaired) electrons. The number of allylic oxidation sites excluding steroid dienone is 1. The molecule has 0 aromatic heterocycles. The van der Waals surface area contributed by atoms with Gasteiger partial charge in [0.05, 0.1) is 6.10 Å². The second kappa shape index (κ2) is 2.93. The number of aliphatic hydroxyl groups excluding tert-OH is 1. The maximum Gasteiger partial charge on any atom is 0.140 e. The second-order valence-corrected chi connectivity index (χ2v) is 5.25. The summed E-state index contributed by atoms with van der Waals surface area (Å²) in [6.07, 6.45) is 2.10. The standard InChI is InChI=1S/C12H18O2/c1-7(2)10-8-4-5-12(3,11(10)14)6-9(8)13/h8,11,14H,4-6H2,1-3H3/t8-,11?,12+/m0/s1. The maximum atomic E-state index is 11.8. The molecule has 0 saturated heterocycles. The molecular formula is C12H18O2. The van der Waals surface area contributed by atoms with Crippen LogP contribution in [0, 0.1) is 11.3 Å². The molecule has 14 heavy (non-hydrogen) atoms. The molecule has 1 N–H and O–H groups in total. The Balaban J connectivity index is 2.48. The van der Waals surface area contributed by atoms with Crippen molar-refractivity contribution in [2.75, 3.05) is 0 Å². The number of Topliss-reactive ketones (excluding diaryl/α,β-unsaturated/α-hetero) is 1. The molecule has 78 valence electrons. The Morgan fingerprint density at radius 3 is 2.64 bits per heavy atom. The molecule has 0 aliphatic heterocycles. The molecule has 0 aromatic carbocycles. The number of carbonyl (C=O) groups excluding carboxylic acids is 1. The molecule has 3 fully saturated rings. The zero-order chi connectivity index (χ0) is 10.5. The van der Waals surface area contributed by atoms with Crippen molar-refractivity contribution < 1.29 is 9.90 Å². The molecule has 0 spiro atoms. The van der Waals surface area contributed by atoms with Crippen LogP contribution in [0.5, 0.6) is 0 Å². The average molecular weight is 194 g/mol. The summed E-state index contributed by atoms with van der Waals surface area (Å²) in [6, 6.07) is 0. The van der Waals surface area contributed by atoms with Crippen molar-refractivity contribution in [2.45, 2.75) is 46.1 Å². The van der Waals surface area contributed by atoms with Crippen molar-refractivity contribution in [2.24, 2.45) is 11.3 Å². The highest BCUT2D eigenvalue weighted by atomic mass is 16.3. The number of ketones is 1. The Hall–Kier alpha value is -0.630. The SMILES string of the molecule is CC(C)=C1C(O)[C@]2(C)CC[C@H]1C(=O)C2. The summed E-state index contributed by atoms with van der Waals surface area (Å²) >= 11 is 0. The number of aliphatic hydroxyl groups is 1. The van der Waals surface area contributed by atoms with E-state index in [-0.39, 0.29) is 17.4 Å². The van der Waals surface area contributed by atoms with Gasteiger partial charge in [-0.3, -0.25) is 4.79 Å². The van der Waals surface area contributed by atoms with Crippen molar-refractivity contribution in [1.29, 1.82) is 0 Å². The minimum atomic E-state index is -0.385.